The van der Waals surface area contributed by atoms with Crippen LogP contribution in [0.15, 0.2) is 47.4 Å². The number of nitrogen functional groups attached to an aromatic ring is 1. The van der Waals surface area contributed by atoms with Crippen LogP contribution in [0.4, 0.5) is 14.6 Å². The molecule has 38 heavy (non-hydrogen) atoms. The molecule has 2 heterocycles. The highest BCUT2D eigenvalue weighted by Gasteiger charge is 2.61. The van der Waals surface area contributed by atoms with E-state index in [4.69, 9.17) is 24.3 Å². The molecule has 6 atom stereocenters. The molecule has 0 radical (unpaired) electrons. The van der Waals surface area contributed by atoms with E-state index in [-0.39, 0.29) is 11.6 Å². The van der Waals surface area contributed by atoms with Crippen LogP contribution in [0.5, 0.6) is 5.75 Å². The first-order valence-corrected chi connectivity index (χ1v) is 13.0. The van der Waals surface area contributed by atoms with E-state index < -0.39 is 68.6 Å². The Morgan fingerprint density at radius 3 is 2.50 bits per heavy atom. The number of ether oxygens (including phenoxy) is 2. The summed E-state index contributed by atoms with van der Waals surface area (Å²) in [6.07, 6.45) is -9.14. The van der Waals surface area contributed by atoms with Crippen molar-refractivity contribution in [2.45, 2.75) is 63.4 Å². The predicted molar refractivity (Wildman–Crippen MR) is 128 cm³/mol. The molecule has 3 rings (SSSR count). The maximum atomic E-state index is 14.4. The third-order valence-corrected chi connectivity index (χ3v) is 7.06. The number of alkyl halides is 2. The second-order valence-corrected chi connectivity index (χ2v) is 10.4. The van der Waals surface area contributed by atoms with Crippen molar-refractivity contribution >= 4 is 19.5 Å². The Bertz CT molecular complexity index is 1220. The number of aliphatic hydroxyl groups excluding tert-OH is 2. The Balaban J connectivity index is 1.90. The molecular weight excluding hydrogens is 533 g/mol. The number of carbonyl (C=O) groups is 1. The minimum atomic E-state index is -4.64. The number of rotatable bonds is 11. The highest BCUT2D eigenvalue weighted by Crippen LogP contribution is 2.49. The van der Waals surface area contributed by atoms with Crippen LogP contribution >= 0.6 is 7.75 Å². The van der Waals surface area contributed by atoms with Crippen molar-refractivity contribution in [2.24, 2.45) is 0 Å². The monoisotopic (exact) mass is 562 g/mol. The van der Waals surface area contributed by atoms with Crippen molar-refractivity contribution in [3.8, 4) is 5.75 Å². The number of benzene rings is 1. The summed E-state index contributed by atoms with van der Waals surface area (Å²) in [5.74, 6) is -0.992. The standard InChI is InChI=1S/C22H29F2N4O9P/c1-12(2)35-19(31)13(3)27-38(33,37-14-7-5-4-6-8-14)34-11-22(20(23)24)17(30)16(29)18(36-22)28-10-9-15(25)26-21(28)32/h4-10,12-13,16-18,20,29-30H,11H2,1-3H3,(H,27,33)(H2,25,26,32)/t13-,16+,17-,18+,22+,38-/m0/s1. The van der Waals surface area contributed by atoms with Gasteiger partial charge in [-0.2, -0.15) is 10.1 Å². The third-order valence-electron chi connectivity index (χ3n) is 5.44. The lowest BCUT2D eigenvalue weighted by molar-refractivity contribution is -0.192. The summed E-state index contributed by atoms with van der Waals surface area (Å²) in [5.41, 5.74) is 1.43. The summed E-state index contributed by atoms with van der Waals surface area (Å²) in [6, 6.07) is 7.41. The van der Waals surface area contributed by atoms with E-state index in [0.717, 1.165) is 12.3 Å². The van der Waals surface area contributed by atoms with Gasteiger partial charge in [-0.1, -0.05) is 18.2 Å². The van der Waals surface area contributed by atoms with Crippen LogP contribution < -0.4 is 21.0 Å². The molecule has 5 N–H and O–H groups in total. The number of nitrogens with one attached hydrogen (secondary N) is 1. The fourth-order valence-electron chi connectivity index (χ4n) is 3.53. The number of halogens is 2. The number of nitrogens with two attached hydrogens (primary N) is 1. The summed E-state index contributed by atoms with van der Waals surface area (Å²) < 4.78 is 64.1. The Morgan fingerprint density at radius 2 is 1.92 bits per heavy atom. The molecule has 1 fully saturated rings. The van der Waals surface area contributed by atoms with Crippen molar-refractivity contribution < 1.29 is 46.9 Å². The van der Waals surface area contributed by atoms with Crippen molar-refractivity contribution in [1.82, 2.24) is 14.6 Å². The quantitative estimate of drug-likeness (QED) is 0.227. The molecule has 0 spiro atoms. The van der Waals surface area contributed by atoms with Crippen LogP contribution in [-0.4, -0.2) is 68.7 Å². The number of aromatic nitrogens is 2. The van der Waals surface area contributed by atoms with E-state index in [1.165, 1.54) is 19.1 Å². The van der Waals surface area contributed by atoms with Gasteiger partial charge < -0.3 is 29.9 Å². The topological polar surface area (TPSA) is 184 Å². The number of hydrogen-bond donors (Lipinski definition) is 4. The SMILES string of the molecule is CC(C)OC(=O)[C@H](C)N[P@](=O)(OC[C@@]1(C(F)F)O[C@@H](n2ccc(N)nc2=O)[C@H](O)[C@@H]1O)Oc1ccccc1. The lowest BCUT2D eigenvalue weighted by atomic mass is 9.96. The number of esters is 1. The number of para-hydroxylation sites is 1. The van der Waals surface area contributed by atoms with Gasteiger partial charge in [-0.15, -0.1) is 0 Å². The zero-order chi connectivity index (χ0) is 28.3. The lowest BCUT2D eigenvalue weighted by Crippen LogP contribution is -2.53. The second kappa shape index (κ2) is 11.8. The summed E-state index contributed by atoms with van der Waals surface area (Å²) in [5, 5.41) is 23.4. The fraction of sp³-hybridized carbons (Fsp3) is 0.500. The number of hydrogen-bond acceptors (Lipinski definition) is 11. The first-order valence-electron chi connectivity index (χ1n) is 11.4. The zero-order valence-electron chi connectivity index (χ0n) is 20.6. The van der Waals surface area contributed by atoms with Gasteiger partial charge in [0.05, 0.1) is 12.7 Å². The average Bonchev–Trinajstić information content (AvgIpc) is 3.09. The van der Waals surface area contributed by atoms with Crippen LogP contribution in [0, 0.1) is 0 Å². The number of aliphatic hydroxyl groups is 2. The van der Waals surface area contributed by atoms with Crippen molar-refractivity contribution in [3.05, 3.63) is 53.1 Å². The molecule has 0 aliphatic carbocycles. The van der Waals surface area contributed by atoms with E-state index in [9.17, 15) is 33.1 Å². The van der Waals surface area contributed by atoms with Crippen LogP contribution in [0.3, 0.4) is 0 Å². The van der Waals surface area contributed by atoms with Gasteiger partial charge in [-0.25, -0.2) is 18.1 Å². The highest BCUT2D eigenvalue weighted by atomic mass is 31.2. The zero-order valence-corrected chi connectivity index (χ0v) is 21.5. The number of carbonyl (C=O) groups excluding carboxylic acids is 1. The van der Waals surface area contributed by atoms with E-state index >= 15 is 0 Å². The smallest absolute Gasteiger partial charge is 0.459 e. The Labute approximate surface area is 216 Å². The maximum Gasteiger partial charge on any atom is 0.459 e. The molecular formula is C22H29F2N4O9P. The molecule has 1 aliphatic heterocycles. The lowest BCUT2D eigenvalue weighted by Gasteiger charge is -2.32. The van der Waals surface area contributed by atoms with E-state index in [0.29, 0.717) is 4.57 Å². The minimum Gasteiger partial charge on any atom is -0.462 e. The van der Waals surface area contributed by atoms with Gasteiger partial charge in [-0.3, -0.25) is 13.9 Å². The van der Waals surface area contributed by atoms with Crippen LogP contribution in [0.1, 0.15) is 27.0 Å². The van der Waals surface area contributed by atoms with Gasteiger partial charge in [0.15, 0.2) is 11.8 Å². The van der Waals surface area contributed by atoms with Crippen molar-refractivity contribution in [3.63, 3.8) is 0 Å². The largest absolute Gasteiger partial charge is 0.462 e. The van der Waals surface area contributed by atoms with Crippen LogP contribution in [0.2, 0.25) is 0 Å². The summed E-state index contributed by atoms with van der Waals surface area (Å²) in [7, 11) is -4.64. The Kier molecular flexibility index (Phi) is 9.23. The van der Waals surface area contributed by atoms with Crippen molar-refractivity contribution in [1.29, 1.82) is 0 Å². The van der Waals surface area contributed by atoms with E-state index in [1.807, 2.05) is 0 Å². The van der Waals surface area contributed by atoms with Gasteiger partial charge >= 0.3 is 19.4 Å². The molecule has 1 aliphatic rings. The molecule has 0 bridgehead atoms. The Hall–Kier alpha value is -2.94. The minimum absolute atomic E-state index is 0.00385. The van der Waals surface area contributed by atoms with Crippen LogP contribution in [0.25, 0.3) is 0 Å². The molecule has 0 amide bonds. The normalized spacial score (nSPS) is 25.8. The predicted octanol–water partition coefficient (Wildman–Crippen LogP) is 1.21. The van der Waals surface area contributed by atoms with Crippen LogP contribution in [-0.2, 0) is 23.4 Å². The molecule has 0 saturated carbocycles. The second-order valence-electron chi connectivity index (χ2n) is 8.75. The van der Waals surface area contributed by atoms with Crippen molar-refractivity contribution in [2.75, 3.05) is 12.3 Å². The number of anilines is 1. The number of nitrogens with zero attached hydrogens (tertiary/aromatic N) is 2. The molecule has 1 aromatic heterocycles. The molecule has 16 heteroatoms. The molecule has 2 aromatic rings. The summed E-state index contributed by atoms with van der Waals surface area (Å²) in [6.45, 7) is 3.19. The maximum absolute atomic E-state index is 14.4. The van der Waals surface area contributed by atoms with Gasteiger partial charge in [0, 0.05) is 6.20 Å². The Morgan fingerprint density at radius 1 is 1.26 bits per heavy atom. The summed E-state index contributed by atoms with van der Waals surface area (Å²) >= 11 is 0. The molecule has 0 unspecified atom stereocenters. The highest BCUT2D eigenvalue weighted by molar-refractivity contribution is 7.52. The van der Waals surface area contributed by atoms with Gasteiger partial charge in [0.1, 0.15) is 29.8 Å². The first kappa shape index (κ1) is 29.6. The molecule has 210 valence electrons. The fourth-order valence-corrected chi connectivity index (χ4v) is 5.06. The molecule has 1 saturated heterocycles. The van der Waals surface area contributed by atoms with Gasteiger partial charge in [-0.05, 0) is 39.0 Å². The summed E-state index contributed by atoms with van der Waals surface area (Å²) in [4.78, 5) is 27.9. The third kappa shape index (κ3) is 6.54. The molecule has 1 aromatic carbocycles. The van der Waals surface area contributed by atoms with Gasteiger partial charge in [0.2, 0.25) is 0 Å². The van der Waals surface area contributed by atoms with E-state index in [1.54, 1.807) is 32.0 Å². The molecule has 13 nitrogen and oxygen atoms in total. The first-order chi connectivity index (χ1) is 17.8. The van der Waals surface area contributed by atoms with E-state index in [2.05, 4.69) is 10.1 Å². The average molecular weight is 562 g/mol. The van der Waals surface area contributed by atoms with Gasteiger partial charge in [0.25, 0.3) is 6.43 Å².